The number of ether oxygens (including phenoxy) is 4. The fourth-order valence-electron chi connectivity index (χ4n) is 4.81. The van der Waals surface area contributed by atoms with Gasteiger partial charge in [-0.2, -0.15) is 0 Å². The summed E-state index contributed by atoms with van der Waals surface area (Å²) in [7, 11) is 1.22. The van der Waals surface area contributed by atoms with Crippen LogP contribution < -0.4 is 30.7 Å². The second-order valence-electron chi connectivity index (χ2n) is 12.7. The summed E-state index contributed by atoms with van der Waals surface area (Å²) in [6, 6.07) is 10.9. The predicted octanol–water partition coefficient (Wildman–Crippen LogP) is 3.94. The molecule has 0 aliphatic heterocycles. The van der Waals surface area contributed by atoms with Crippen molar-refractivity contribution in [2.24, 2.45) is 0 Å². The first-order chi connectivity index (χ1) is 24.2. The lowest BCUT2D eigenvalue weighted by molar-refractivity contribution is -0.145. The molecule has 4 N–H and O–H groups in total. The van der Waals surface area contributed by atoms with E-state index in [1.54, 1.807) is 81.5 Å². The van der Waals surface area contributed by atoms with Gasteiger partial charge in [0.25, 0.3) is 0 Å². The van der Waals surface area contributed by atoms with Gasteiger partial charge in [-0.1, -0.05) is 49.6 Å². The highest BCUT2D eigenvalue weighted by Crippen LogP contribution is 2.16. The third kappa shape index (κ3) is 16.8. The maximum Gasteiger partial charge on any atom is 0.407 e. The van der Waals surface area contributed by atoms with Gasteiger partial charge in [0.15, 0.2) is 0 Å². The zero-order chi connectivity index (χ0) is 37.8. The average molecular weight is 709 g/mol. The number of methoxy groups -OCH3 is 1. The molecule has 2 aromatic carbocycles. The van der Waals surface area contributed by atoms with Crippen molar-refractivity contribution in [3.8, 4) is 11.5 Å². The molecule has 0 heterocycles. The number of hydrogen-bond acceptors (Lipinski definition) is 9. The number of nitrogens with one attached hydrogen (secondary N) is 4. The van der Waals surface area contributed by atoms with Gasteiger partial charge in [0, 0.05) is 26.3 Å². The van der Waals surface area contributed by atoms with Crippen molar-refractivity contribution in [1.82, 2.24) is 21.3 Å². The lowest BCUT2D eigenvalue weighted by Crippen LogP contribution is -2.56. The van der Waals surface area contributed by atoms with Crippen molar-refractivity contribution >= 4 is 29.8 Å². The van der Waals surface area contributed by atoms with Crippen LogP contribution in [0.2, 0.25) is 0 Å². The van der Waals surface area contributed by atoms with Gasteiger partial charge in [-0.25, -0.2) is 9.59 Å². The Morgan fingerprint density at radius 1 is 0.725 bits per heavy atom. The van der Waals surface area contributed by atoms with E-state index in [2.05, 4.69) is 34.4 Å². The quantitative estimate of drug-likeness (QED) is 0.0852. The fourth-order valence-corrected chi connectivity index (χ4v) is 4.81. The third-order valence-electron chi connectivity index (χ3n) is 7.18. The Balaban J connectivity index is 2.23. The molecule has 0 aliphatic rings. The molecular weight excluding hydrogens is 656 g/mol. The van der Waals surface area contributed by atoms with Crippen molar-refractivity contribution < 1.29 is 42.9 Å². The second kappa shape index (κ2) is 21.7. The minimum absolute atomic E-state index is 0.113. The minimum Gasteiger partial charge on any atom is -0.490 e. The van der Waals surface area contributed by atoms with Crippen molar-refractivity contribution in [2.75, 3.05) is 26.9 Å². The van der Waals surface area contributed by atoms with Crippen LogP contribution in [-0.2, 0) is 41.5 Å². The van der Waals surface area contributed by atoms with Crippen LogP contribution in [0.25, 0.3) is 0 Å². The highest BCUT2D eigenvalue weighted by atomic mass is 16.6. The van der Waals surface area contributed by atoms with Crippen molar-refractivity contribution in [3.63, 3.8) is 0 Å². The van der Waals surface area contributed by atoms with Gasteiger partial charge in [-0.15, -0.1) is 0 Å². The summed E-state index contributed by atoms with van der Waals surface area (Å²) in [4.78, 5) is 64.4. The lowest BCUT2D eigenvalue weighted by atomic mass is 10.0. The molecule has 3 atom stereocenters. The average Bonchev–Trinajstić information content (AvgIpc) is 3.08. The summed E-state index contributed by atoms with van der Waals surface area (Å²) in [6.07, 6.45) is 3.99. The van der Waals surface area contributed by atoms with Gasteiger partial charge in [0.2, 0.25) is 17.7 Å². The molecule has 13 heteroatoms. The van der Waals surface area contributed by atoms with E-state index in [1.165, 1.54) is 14.0 Å². The molecule has 0 bridgehead atoms. The molecule has 278 valence electrons. The number of unbranched alkanes of at least 4 members (excludes halogenated alkanes) is 1. The Bertz CT molecular complexity index is 1450. The van der Waals surface area contributed by atoms with Crippen molar-refractivity contribution in [2.45, 2.75) is 83.5 Å². The molecule has 2 aromatic rings. The maximum absolute atomic E-state index is 13.8. The van der Waals surface area contributed by atoms with Crippen molar-refractivity contribution in [1.29, 1.82) is 0 Å². The van der Waals surface area contributed by atoms with E-state index in [4.69, 9.17) is 18.9 Å². The SMILES string of the molecule is C=CCOc1ccc(C[C@H](NC(C)=O)C(=O)N[C@H](CCCCNC(=O)OC(C)(C)C)C(=O)N[C@@H](Cc2ccc(OCC=C)cc2)C(=O)OC)cc1. The molecule has 0 fully saturated rings. The topological polar surface area (TPSA) is 170 Å². The van der Waals surface area contributed by atoms with Gasteiger partial charge in [0.05, 0.1) is 7.11 Å². The predicted molar refractivity (Wildman–Crippen MR) is 193 cm³/mol. The summed E-state index contributed by atoms with van der Waals surface area (Å²) in [5, 5.41) is 10.9. The van der Waals surface area contributed by atoms with Crippen LogP contribution in [0.4, 0.5) is 4.79 Å². The van der Waals surface area contributed by atoms with E-state index in [-0.39, 0.29) is 25.8 Å². The van der Waals surface area contributed by atoms with Gasteiger partial charge in [0.1, 0.15) is 48.4 Å². The summed E-state index contributed by atoms with van der Waals surface area (Å²) in [5.74, 6) is -1.06. The van der Waals surface area contributed by atoms with E-state index in [0.29, 0.717) is 37.6 Å². The zero-order valence-electron chi connectivity index (χ0n) is 30.3. The lowest BCUT2D eigenvalue weighted by Gasteiger charge is -2.25. The first kappa shape index (κ1) is 41.8. The zero-order valence-corrected chi connectivity index (χ0v) is 30.3. The molecule has 13 nitrogen and oxygen atoms in total. The molecule has 0 saturated heterocycles. The van der Waals surface area contributed by atoms with Gasteiger partial charge in [-0.05, 0) is 75.4 Å². The Kier molecular flexibility index (Phi) is 17.8. The molecule has 0 unspecified atom stereocenters. The standard InChI is InChI=1S/C38H52N4O9/c1-8-22-49-29-17-13-27(14-18-29)24-32(40-26(3)43)35(45)41-31(12-10-11-21-39-37(47)51-38(4,5)6)34(44)42-33(36(46)48-7)25-28-15-19-30(20-16-28)50-23-9-2/h8-9,13-20,31-33H,1-2,10-12,21-25H2,3-7H3,(H,39,47)(H,40,43)(H,41,45)(H,42,44)/t31-,32+,33+/m1/s1. The van der Waals surface area contributed by atoms with Crippen LogP contribution in [0.3, 0.4) is 0 Å². The highest BCUT2D eigenvalue weighted by Gasteiger charge is 2.30. The number of hydrogen-bond donors (Lipinski definition) is 4. The molecule has 0 aromatic heterocycles. The Hall–Kier alpha value is -5.33. The van der Waals surface area contributed by atoms with Crippen molar-refractivity contribution in [3.05, 3.63) is 85.0 Å². The van der Waals surface area contributed by atoms with E-state index in [9.17, 15) is 24.0 Å². The summed E-state index contributed by atoms with van der Waals surface area (Å²) < 4.78 is 21.3. The number of benzene rings is 2. The number of carbonyl (C=O) groups is 5. The van der Waals surface area contributed by atoms with Crippen LogP contribution in [0.1, 0.15) is 58.1 Å². The molecule has 51 heavy (non-hydrogen) atoms. The number of rotatable bonds is 21. The Labute approximate surface area is 300 Å². The van der Waals surface area contributed by atoms with Crippen LogP contribution in [-0.4, -0.2) is 80.4 Å². The van der Waals surface area contributed by atoms with Gasteiger partial charge in [-0.3, -0.25) is 14.4 Å². The van der Waals surface area contributed by atoms with Crippen LogP contribution in [0, 0.1) is 0 Å². The summed E-state index contributed by atoms with van der Waals surface area (Å²) in [6.45, 7) is 14.8. The Morgan fingerprint density at radius 2 is 1.22 bits per heavy atom. The first-order valence-corrected chi connectivity index (χ1v) is 16.8. The second-order valence-corrected chi connectivity index (χ2v) is 12.7. The van der Waals surface area contributed by atoms with Crippen LogP contribution in [0.15, 0.2) is 73.8 Å². The Morgan fingerprint density at radius 3 is 1.69 bits per heavy atom. The molecular formula is C38H52N4O9. The smallest absolute Gasteiger partial charge is 0.407 e. The van der Waals surface area contributed by atoms with E-state index < -0.39 is 53.5 Å². The molecule has 0 radical (unpaired) electrons. The monoisotopic (exact) mass is 708 g/mol. The molecule has 0 aliphatic carbocycles. The number of amides is 4. The first-order valence-electron chi connectivity index (χ1n) is 16.8. The highest BCUT2D eigenvalue weighted by molar-refractivity contribution is 5.93. The number of esters is 1. The van der Waals surface area contributed by atoms with E-state index in [1.807, 2.05) is 0 Å². The number of alkyl carbamates (subject to hydrolysis) is 1. The molecule has 0 saturated carbocycles. The van der Waals surface area contributed by atoms with Gasteiger partial charge >= 0.3 is 12.1 Å². The largest absolute Gasteiger partial charge is 0.490 e. The fraction of sp³-hybridized carbons (Fsp3) is 0.447. The summed E-state index contributed by atoms with van der Waals surface area (Å²) >= 11 is 0. The number of carbonyl (C=O) groups excluding carboxylic acids is 5. The maximum atomic E-state index is 13.8. The van der Waals surface area contributed by atoms with E-state index in [0.717, 1.165) is 11.1 Å². The normalized spacial score (nSPS) is 12.6. The molecule has 4 amide bonds. The summed E-state index contributed by atoms with van der Waals surface area (Å²) in [5.41, 5.74) is 0.828. The third-order valence-corrected chi connectivity index (χ3v) is 7.18. The molecule has 0 spiro atoms. The van der Waals surface area contributed by atoms with E-state index >= 15 is 0 Å². The van der Waals surface area contributed by atoms with Crippen LogP contribution in [0.5, 0.6) is 11.5 Å². The minimum atomic E-state index is -1.09. The molecule has 2 rings (SSSR count). The van der Waals surface area contributed by atoms with Gasteiger partial charge < -0.3 is 40.2 Å². The van der Waals surface area contributed by atoms with Crippen LogP contribution >= 0.6 is 0 Å².